The molecule has 0 spiro atoms. The molecule has 0 radical (unpaired) electrons. The molecule has 2 aromatic rings. The molecule has 2 aliphatic heterocycles. The summed E-state index contributed by atoms with van der Waals surface area (Å²) >= 11 is 0. The molecule has 0 saturated carbocycles. The van der Waals surface area contributed by atoms with Crippen LogP contribution in [-0.4, -0.2) is 61.4 Å². The van der Waals surface area contributed by atoms with Crippen LogP contribution in [-0.2, 0) is 11.2 Å². The monoisotopic (exact) mass is 435 g/mol. The van der Waals surface area contributed by atoms with E-state index in [1.165, 1.54) is 19.4 Å². The standard InChI is InChI=1S/C26H33N3O3/c1-19-7-5-14-28(19)15-6-16-32-23-11-12-24-20(18-23)10-13-25(30)29(24)22-9-4-8-21(17-22)26(31)27(2)3/h4,8-9,11-12,17-19H,5-7,10,13-16H2,1-3H3/t19-/m1/s1. The molecule has 2 amide bonds. The maximum absolute atomic E-state index is 12.8. The molecule has 6 heteroatoms. The second kappa shape index (κ2) is 9.74. The summed E-state index contributed by atoms with van der Waals surface area (Å²) in [5.41, 5.74) is 3.25. The van der Waals surface area contributed by atoms with Crippen molar-refractivity contribution in [3.63, 3.8) is 0 Å². The van der Waals surface area contributed by atoms with Crippen LogP contribution in [0.25, 0.3) is 0 Å². The first-order valence-electron chi connectivity index (χ1n) is 11.6. The number of benzene rings is 2. The third-order valence-electron chi connectivity index (χ3n) is 6.46. The summed E-state index contributed by atoms with van der Waals surface area (Å²) in [5.74, 6) is 0.813. The van der Waals surface area contributed by atoms with Gasteiger partial charge in [-0.25, -0.2) is 0 Å². The van der Waals surface area contributed by atoms with Gasteiger partial charge in [0.1, 0.15) is 5.75 Å². The zero-order chi connectivity index (χ0) is 22.7. The number of likely N-dealkylation sites (tertiary alicyclic amines) is 1. The van der Waals surface area contributed by atoms with Crippen molar-refractivity contribution < 1.29 is 14.3 Å². The van der Waals surface area contributed by atoms with E-state index in [4.69, 9.17) is 4.74 Å². The van der Waals surface area contributed by atoms with Gasteiger partial charge in [-0.05, 0) is 81.1 Å². The van der Waals surface area contributed by atoms with Crippen LogP contribution in [0.2, 0.25) is 0 Å². The lowest BCUT2D eigenvalue weighted by molar-refractivity contribution is -0.118. The molecule has 170 valence electrons. The van der Waals surface area contributed by atoms with Crippen molar-refractivity contribution in [2.75, 3.05) is 38.7 Å². The Bertz CT molecular complexity index is 988. The van der Waals surface area contributed by atoms with Gasteiger partial charge in [0.15, 0.2) is 0 Å². The van der Waals surface area contributed by atoms with Gasteiger partial charge in [0, 0.05) is 44.4 Å². The van der Waals surface area contributed by atoms with Gasteiger partial charge in [-0.1, -0.05) is 6.07 Å². The lowest BCUT2D eigenvalue weighted by Crippen LogP contribution is -2.31. The minimum absolute atomic E-state index is 0.0420. The summed E-state index contributed by atoms with van der Waals surface area (Å²) in [4.78, 5) is 31.0. The van der Waals surface area contributed by atoms with Crippen LogP contribution in [0.15, 0.2) is 42.5 Å². The van der Waals surface area contributed by atoms with Crippen LogP contribution in [0.1, 0.15) is 48.5 Å². The van der Waals surface area contributed by atoms with E-state index in [1.807, 2.05) is 24.3 Å². The number of nitrogens with zero attached hydrogens (tertiary/aromatic N) is 3. The molecular formula is C26H33N3O3. The fourth-order valence-corrected chi connectivity index (χ4v) is 4.66. The van der Waals surface area contributed by atoms with Crippen molar-refractivity contribution in [1.82, 2.24) is 9.80 Å². The van der Waals surface area contributed by atoms with E-state index in [2.05, 4.69) is 17.9 Å². The molecule has 0 aromatic heterocycles. The van der Waals surface area contributed by atoms with Crippen LogP contribution < -0.4 is 9.64 Å². The van der Waals surface area contributed by atoms with Crippen LogP contribution >= 0.6 is 0 Å². The van der Waals surface area contributed by atoms with Gasteiger partial charge >= 0.3 is 0 Å². The topological polar surface area (TPSA) is 53.1 Å². The Balaban J connectivity index is 1.46. The first kappa shape index (κ1) is 22.3. The fraction of sp³-hybridized carbons (Fsp3) is 0.462. The first-order valence-corrected chi connectivity index (χ1v) is 11.6. The average molecular weight is 436 g/mol. The minimum atomic E-state index is -0.0800. The lowest BCUT2D eigenvalue weighted by Gasteiger charge is -2.30. The highest BCUT2D eigenvalue weighted by atomic mass is 16.5. The molecule has 0 bridgehead atoms. The Labute approximate surface area is 190 Å². The molecule has 2 aromatic carbocycles. The number of rotatable bonds is 7. The SMILES string of the molecule is C[C@@H]1CCCN1CCCOc1ccc2c(c1)CCC(=O)N2c1cccc(C(=O)N(C)C)c1. The van der Waals surface area contributed by atoms with Gasteiger partial charge in [-0.3, -0.25) is 14.5 Å². The Kier molecular flexibility index (Phi) is 6.80. The predicted octanol–water partition coefficient (Wildman–Crippen LogP) is 4.25. The van der Waals surface area contributed by atoms with E-state index in [9.17, 15) is 9.59 Å². The van der Waals surface area contributed by atoms with Crippen LogP contribution in [0.4, 0.5) is 11.4 Å². The average Bonchev–Trinajstić information content (AvgIpc) is 3.20. The number of fused-ring (bicyclic) bond motifs is 1. The lowest BCUT2D eigenvalue weighted by atomic mass is 9.99. The number of ether oxygens (including phenoxy) is 1. The van der Waals surface area contributed by atoms with Crippen molar-refractivity contribution in [1.29, 1.82) is 0 Å². The highest BCUT2D eigenvalue weighted by Gasteiger charge is 2.27. The zero-order valence-electron chi connectivity index (χ0n) is 19.3. The van der Waals surface area contributed by atoms with E-state index >= 15 is 0 Å². The second-order valence-corrected chi connectivity index (χ2v) is 9.00. The normalized spacial score (nSPS) is 18.5. The third-order valence-corrected chi connectivity index (χ3v) is 6.46. The summed E-state index contributed by atoms with van der Waals surface area (Å²) < 4.78 is 6.03. The number of hydrogen-bond donors (Lipinski definition) is 0. The molecule has 6 nitrogen and oxygen atoms in total. The van der Waals surface area contributed by atoms with E-state index in [0.29, 0.717) is 31.1 Å². The molecule has 1 atom stereocenters. The van der Waals surface area contributed by atoms with Crippen LogP contribution in [0.3, 0.4) is 0 Å². The summed E-state index contributed by atoms with van der Waals surface area (Å²) in [6, 6.07) is 13.9. The van der Waals surface area contributed by atoms with Gasteiger partial charge in [0.2, 0.25) is 5.91 Å². The quantitative estimate of drug-likeness (QED) is 0.610. The smallest absolute Gasteiger partial charge is 0.253 e. The Morgan fingerprint density at radius 1 is 1.16 bits per heavy atom. The van der Waals surface area contributed by atoms with Gasteiger partial charge in [-0.15, -0.1) is 0 Å². The van der Waals surface area contributed by atoms with E-state index in [-0.39, 0.29) is 11.8 Å². The number of carbonyl (C=O) groups is 2. The Morgan fingerprint density at radius 3 is 2.75 bits per heavy atom. The second-order valence-electron chi connectivity index (χ2n) is 9.00. The van der Waals surface area contributed by atoms with Crippen molar-refractivity contribution in [2.24, 2.45) is 0 Å². The van der Waals surface area contributed by atoms with Crippen molar-refractivity contribution in [3.8, 4) is 5.75 Å². The summed E-state index contributed by atoms with van der Waals surface area (Å²) in [6.45, 7) is 5.28. The van der Waals surface area contributed by atoms with E-state index in [0.717, 1.165) is 35.7 Å². The largest absolute Gasteiger partial charge is 0.494 e. The number of carbonyl (C=O) groups excluding carboxylic acids is 2. The Hall–Kier alpha value is -2.86. The van der Waals surface area contributed by atoms with Gasteiger partial charge in [0.25, 0.3) is 5.91 Å². The zero-order valence-corrected chi connectivity index (χ0v) is 19.3. The summed E-state index contributed by atoms with van der Waals surface area (Å²) in [5, 5.41) is 0. The molecule has 2 heterocycles. The van der Waals surface area contributed by atoms with Crippen molar-refractivity contribution >= 4 is 23.2 Å². The van der Waals surface area contributed by atoms with Crippen molar-refractivity contribution in [2.45, 2.75) is 45.1 Å². The minimum Gasteiger partial charge on any atom is -0.494 e. The molecule has 0 aliphatic carbocycles. The molecule has 32 heavy (non-hydrogen) atoms. The Morgan fingerprint density at radius 2 is 2.00 bits per heavy atom. The maximum atomic E-state index is 12.8. The third kappa shape index (κ3) is 4.80. The van der Waals surface area contributed by atoms with Gasteiger partial charge in [-0.2, -0.15) is 0 Å². The molecule has 0 N–H and O–H groups in total. The van der Waals surface area contributed by atoms with E-state index < -0.39 is 0 Å². The number of aryl methyl sites for hydroxylation is 1. The molecule has 1 fully saturated rings. The number of hydrogen-bond acceptors (Lipinski definition) is 4. The van der Waals surface area contributed by atoms with Crippen molar-refractivity contribution in [3.05, 3.63) is 53.6 Å². The molecular weight excluding hydrogens is 402 g/mol. The predicted molar refractivity (Wildman–Crippen MR) is 127 cm³/mol. The van der Waals surface area contributed by atoms with Crippen LogP contribution in [0, 0.1) is 0 Å². The highest BCUT2D eigenvalue weighted by Crippen LogP contribution is 2.36. The van der Waals surface area contributed by atoms with Gasteiger partial charge in [0.05, 0.1) is 12.3 Å². The number of anilines is 2. The number of amides is 2. The fourth-order valence-electron chi connectivity index (χ4n) is 4.66. The highest BCUT2D eigenvalue weighted by molar-refractivity contribution is 6.04. The summed E-state index contributed by atoms with van der Waals surface area (Å²) in [6.07, 6.45) is 4.75. The molecule has 4 rings (SSSR count). The summed E-state index contributed by atoms with van der Waals surface area (Å²) in [7, 11) is 3.45. The van der Waals surface area contributed by atoms with Gasteiger partial charge < -0.3 is 14.5 Å². The van der Waals surface area contributed by atoms with Crippen LogP contribution in [0.5, 0.6) is 5.75 Å². The molecule has 0 unspecified atom stereocenters. The molecule has 1 saturated heterocycles. The first-order chi connectivity index (χ1) is 15.4. The van der Waals surface area contributed by atoms with E-state index in [1.54, 1.807) is 36.0 Å². The molecule has 2 aliphatic rings. The maximum Gasteiger partial charge on any atom is 0.253 e.